The Labute approximate surface area is 117 Å². The van der Waals surface area contributed by atoms with Crippen molar-refractivity contribution in [2.45, 2.75) is 26.4 Å². The Morgan fingerprint density at radius 1 is 1.47 bits per heavy atom. The van der Waals surface area contributed by atoms with Crippen molar-refractivity contribution in [1.82, 2.24) is 14.7 Å². The maximum absolute atomic E-state index is 6.03. The summed E-state index contributed by atoms with van der Waals surface area (Å²) in [7, 11) is 1.99. The van der Waals surface area contributed by atoms with Gasteiger partial charge >= 0.3 is 0 Å². The second-order valence-electron chi connectivity index (χ2n) is 4.80. The summed E-state index contributed by atoms with van der Waals surface area (Å²) in [5.41, 5.74) is 8.31. The van der Waals surface area contributed by atoms with Gasteiger partial charge in [0.25, 0.3) is 0 Å². The highest BCUT2D eigenvalue weighted by Gasteiger charge is 2.27. The highest BCUT2D eigenvalue weighted by Crippen LogP contribution is 2.24. The lowest BCUT2D eigenvalue weighted by atomic mass is 10.1. The Hall–Kier alpha value is -0.100. The van der Waals surface area contributed by atoms with Crippen LogP contribution in [0.25, 0.3) is 0 Å². The molecule has 0 amide bonds. The predicted octanol–water partition coefficient (Wildman–Crippen LogP) is 1.69. The molecule has 0 saturated carbocycles. The lowest BCUT2D eigenvalue weighted by Gasteiger charge is -2.15. The van der Waals surface area contributed by atoms with Crippen LogP contribution < -0.4 is 5.73 Å². The molecule has 1 aliphatic rings. The molecule has 4 nitrogen and oxygen atoms in total. The van der Waals surface area contributed by atoms with E-state index in [0.717, 1.165) is 29.8 Å². The summed E-state index contributed by atoms with van der Waals surface area (Å²) in [6, 6.07) is 0.313. The van der Waals surface area contributed by atoms with Gasteiger partial charge < -0.3 is 5.73 Å². The lowest BCUT2D eigenvalue weighted by Crippen LogP contribution is -2.28. The van der Waals surface area contributed by atoms with Crippen molar-refractivity contribution in [3.63, 3.8) is 0 Å². The van der Waals surface area contributed by atoms with Gasteiger partial charge in [-0.15, -0.1) is 12.4 Å². The highest BCUT2D eigenvalue weighted by atomic mass is 79.9. The van der Waals surface area contributed by atoms with Crippen molar-refractivity contribution >= 4 is 28.3 Å². The Balaban J connectivity index is 0.00000144. The van der Waals surface area contributed by atoms with Gasteiger partial charge in [-0.3, -0.25) is 9.58 Å². The van der Waals surface area contributed by atoms with Crippen molar-refractivity contribution in [2.75, 3.05) is 13.1 Å². The number of rotatable bonds is 2. The first-order valence-corrected chi connectivity index (χ1v) is 6.44. The second kappa shape index (κ2) is 5.69. The zero-order chi connectivity index (χ0) is 11.9. The summed E-state index contributed by atoms with van der Waals surface area (Å²) in [6.07, 6.45) is 0. The van der Waals surface area contributed by atoms with Crippen LogP contribution in [0.4, 0.5) is 0 Å². The van der Waals surface area contributed by atoms with Crippen molar-refractivity contribution in [3.05, 3.63) is 15.9 Å². The molecule has 1 fully saturated rings. The molecule has 2 unspecified atom stereocenters. The minimum atomic E-state index is 0. The number of halogens is 2. The van der Waals surface area contributed by atoms with Gasteiger partial charge in [0.05, 0.1) is 15.9 Å². The predicted molar refractivity (Wildman–Crippen MR) is 75.3 cm³/mol. The molecular formula is C11H20BrClN4. The topological polar surface area (TPSA) is 47.1 Å². The fraction of sp³-hybridized carbons (Fsp3) is 0.727. The molecule has 6 heteroatoms. The summed E-state index contributed by atoms with van der Waals surface area (Å²) in [5.74, 6) is 0.591. The zero-order valence-electron chi connectivity index (χ0n) is 10.5. The minimum Gasteiger partial charge on any atom is -0.326 e. The molecule has 1 aliphatic heterocycles. The fourth-order valence-electron chi connectivity index (χ4n) is 2.29. The average molecular weight is 324 g/mol. The summed E-state index contributed by atoms with van der Waals surface area (Å²) >= 11 is 3.60. The van der Waals surface area contributed by atoms with Crippen LogP contribution in [0.3, 0.4) is 0 Å². The van der Waals surface area contributed by atoms with E-state index in [1.807, 2.05) is 18.7 Å². The minimum absolute atomic E-state index is 0. The van der Waals surface area contributed by atoms with Crippen LogP contribution in [0.15, 0.2) is 4.47 Å². The molecule has 17 heavy (non-hydrogen) atoms. The quantitative estimate of drug-likeness (QED) is 0.901. The summed E-state index contributed by atoms with van der Waals surface area (Å²) in [4.78, 5) is 2.40. The van der Waals surface area contributed by atoms with Gasteiger partial charge in [-0.25, -0.2) is 0 Å². The molecule has 2 N–H and O–H groups in total. The molecular weight excluding hydrogens is 304 g/mol. The Morgan fingerprint density at radius 2 is 2.12 bits per heavy atom. The van der Waals surface area contributed by atoms with Crippen LogP contribution in [-0.4, -0.2) is 33.8 Å². The molecule has 98 valence electrons. The molecule has 0 bridgehead atoms. The monoisotopic (exact) mass is 322 g/mol. The van der Waals surface area contributed by atoms with Gasteiger partial charge in [0, 0.05) is 32.7 Å². The van der Waals surface area contributed by atoms with Crippen molar-refractivity contribution in [2.24, 2.45) is 18.7 Å². The van der Waals surface area contributed by atoms with E-state index in [9.17, 15) is 0 Å². The van der Waals surface area contributed by atoms with Gasteiger partial charge in [-0.05, 0) is 28.8 Å². The third-order valence-corrected chi connectivity index (χ3v) is 4.41. The standard InChI is InChI=1S/C11H19BrN4.ClH/c1-7-4-16(5-9(7)13)6-10-11(12)8(2)14-15(10)3;/h7,9H,4-6,13H2,1-3H3;1H. The molecule has 2 heterocycles. The number of aromatic nitrogens is 2. The summed E-state index contributed by atoms with van der Waals surface area (Å²) in [6.45, 7) is 7.23. The number of aryl methyl sites for hydroxylation is 2. The van der Waals surface area contributed by atoms with Crippen LogP contribution in [-0.2, 0) is 13.6 Å². The number of hydrogen-bond donors (Lipinski definition) is 1. The van der Waals surface area contributed by atoms with E-state index in [0.29, 0.717) is 12.0 Å². The molecule has 1 aromatic heterocycles. The molecule has 1 aromatic rings. The van der Waals surface area contributed by atoms with E-state index in [4.69, 9.17) is 5.73 Å². The van der Waals surface area contributed by atoms with E-state index in [2.05, 4.69) is 32.9 Å². The Bertz CT molecular complexity index is 383. The average Bonchev–Trinajstić information content (AvgIpc) is 2.63. The summed E-state index contributed by atoms with van der Waals surface area (Å²) in [5, 5.41) is 4.40. The first kappa shape index (κ1) is 15.0. The Kier molecular flexibility index (Phi) is 5.01. The highest BCUT2D eigenvalue weighted by molar-refractivity contribution is 9.10. The van der Waals surface area contributed by atoms with Gasteiger partial charge in [-0.2, -0.15) is 5.10 Å². The van der Waals surface area contributed by atoms with Crippen molar-refractivity contribution < 1.29 is 0 Å². The first-order valence-electron chi connectivity index (χ1n) is 5.65. The van der Waals surface area contributed by atoms with E-state index in [1.54, 1.807) is 0 Å². The molecule has 2 rings (SSSR count). The van der Waals surface area contributed by atoms with Gasteiger partial charge in [0.1, 0.15) is 0 Å². The van der Waals surface area contributed by atoms with E-state index in [-0.39, 0.29) is 12.4 Å². The second-order valence-corrected chi connectivity index (χ2v) is 5.60. The molecule has 0 spiro atoms. The van der Waals surface area contributed by atoms with E-state index < -0.39 is 0 Å². The number of likely N-dealkylation sites (tertiary alicyclic amines) is 1. The third kappa shape index (κ3) is 3.02. The lowest BCUT2D eigenvalue weighted by molar-refractivity contribution is 0.309. The first-order chi connectivity index (χ1) is 7.49. The van der Waals surface area contributed by atoms with E-state index in [1.165, 1.54) is 5.69 Å². The van der Waals surface area contributed by atoms with Gasteiger partial charge in [0.15, 0.2) is 0 Å². The molecule has 0 aliphatic carbocycles. The van der Waals surface area contributed by atoms with Crippen LogP contribution in [0.5, 0.6) is 0 Å². The SMILES string of the molecule is Cc1nn(C)c(CN2CC(C)C(N)C2)c1Br.Cl. The third-order valence-electron chi connectivity index (χ3n) is 3.38. The van der Waals surface area contributed by atoms with Crippen LogP contribution in [0.1, 0.15) is 18.3 Å². The number of nitrogens with two attached hydrogens (primary N) is 1. The Morgan fingerprint density at radius 3 is 2.53 bits per heavy atom. The molecule has 1 saturated heterocycles. The zero-order valence-corrected chi connectivity index (χ0v) is 12.9. The molecule has 0 aromatic carbocycles. The smallest absolute Gasteiger partial charge is 0.0739 e. The normalized spacial score (nSPS) is 25.0. The number of hydrogen-bond acceptors (Lipinski definition) is 3. The number of nitrogens with zero attached hydrogens (tertiary/aromatic N) is 3. The van der Waals surface area contributed by atoms with Crippen molar-refractivity contribution in [1.29, 1.82) is 0 Å². The van der Waals surface area contributed by atoms with Crippen molar-refractivity contribution in [3.8, 4) is 0 Å². The summed E-state index contributed by atoms with van der Waals surface area (Å²) < 4.78 is 3.08. The fourth-order valence-corrected chi connectivity index (χ4v) is 2.75. The molecule has 0 radical (unpaired) electrons. The van der Waals surface area contributed by atoms with Crippen LogP contribution in [0.2, 0.25) is 0 Å². The van der Waals surface area contributed by atoms with E-state index >= 15 is 0 Å². The van der Waals surface area contributed by atoms with Gasteiger partial charge in [0.2, 0.25) is 0 Å². The maximum atomic E-state index is 6.03. The van der Waals surface area contributed by atoms with Crippen LogP contribution in [0, 0.1) is 12.8 Å². The largest absolute Gasteiger partial charge is 0.326 e. The van der Waals surface area contributed by atoms with Gasteiger partial charge in [-0.1, -0.05) is 6.92 Å². The van der Waals surface area contributed by atoms with Crippen LogP contribution >= 0.6 is 28.3 Å². The molecule has 2 atom stereocenters. The maximum Gasteiger partial charge on any atom is 0.0739 e.